The van der Waals surface area contributed by atoms with Gasteiger partial charge in [0.1, 0.15) is 11.6 Å². The lowest BCUT2D eigenvalue weighted by Crippen LogP contribution is -2.27. The molecular weight excluding hydrogens is 299 g/mol. The van der Waals surface area contributed by atoms with Gasteiger partial charge in [0.15, 0.2) is 0 Å². The first kappa shape index (κ1) is 14.7. The van der Waals surface area contributed by atoms with Crippen LogP contribution in [0.25, 0.3) is 0 Å². The Bertz CT molecular complexity index is 380. The Morgan fingerprint density at radius 2 is 2.00 bits per heavy atom. The molecule has 0 heterocycles. The van der Waals surface area contributed by atoms with E-state index in [-0.39, 0.29) is 10.9 Å². The van der Waals surface area contributed by atoms with Gasteiger partial charge in [-0.05, 0) is 17.2 Å². The summed E-state index contributed by atoms with van der Waals surface area (Å²) in [6.45, 7) is 9.58. The molecule has 1 radical (unpaired) electrons. The molecule has 1 nitrogen and oxygen atoms in total. The minimum atomic E-state index is -0.440. The number of alkyl halides is 1. The van der Waals surface area contributed by atoms with Gasteiger partial charge in [0, 0.05) is 10.9 Å². The van der Waals surface area contributed by atoms with Gasteiger partial charge in [-0.3, -0.25) is 0 Å². The Morgan fingerprint density at radius 3 is 2.53 bits per heavy atom. The highest BCUT2D eigenvalue weighted by molar-refractivity contribution is 9.08. The molecule has 0 aliphatic heterocycles. The monoisotopic (exact) mass is 317 g/mol. The molecule has 0 spiro atoms. The Kier molecular flexibility index (Phi) is 5.19. The van der Waals surface area contributed by atoms with Crippen molar-refractivity contribution in [3.8, 4) is 5.75 Å². The topological polar surface area (TPSA) is 9.23 Å². The van der Waals surface area contributed by atoms with E-state index in [1.54, 1.807) is 6.07 Å². The molecule has 0 bridgehead atoms. The van der Waals surface area contributed by atoms with Crippen LogP contribution >= 0.6 is 15.9 Å². The Labute approximate surface area is 113 Å². The lowest BCUT2D eigenvalue weighted by atomic mass is 10.2. The summed E-state index contributed by atoms with van der Waals surface area (Å²) in [5.41, 5.74) is 0.601. The van der Waals surface area contributed by atoms with Gasteiger partial charge >= 0.3 is 0 Å². The lowest BCUT2D eigenvalue weighted by Gasteiger charge is -2.28. The second kappa shape index (κ2) is 6.00. The average Bonchev–Trinajstić information content (AvgIpc) is 2.26. The van der Waals surface area contributed by atoms with Crippen LogP contribution in [0.2, 0.25) is 18.1 Å². The molecule has 0 atom stereocenters. The van der Waals surface area contributed by atoms with Crippen molar-refractivity contribution in [1.29, 1.82) is 0 Å². The molecule has 95 valence electrons. The summed E-state index contributed by atoms with van der Waals surface area (Å²) >= 11 is 3.29. The predicted octanol–water partition coefficient (Wildman–Crippen LogP) is 4.63. The first-order valence-corrected chi connectivity index (χ1v) is 9.27. The van der Waals surface area contributed by atoms with E-state index in [1.807, 2.05) is 6.07 Å². The zero-order chi connectivity index (χ0) is 13.1. The first-order chi connectivity index (χ1) is 7.88. The third kappa shape index (κ3) is 3.81. The summed E-state index contributed by atoms with van der Waals surface area (Å²) in [6.07, 6.45) is 0. The highest BCUT2D eigenvalue weighted by Crippen LogP contribution is 2.31. The lowest BCUT2D eigenvalue weighted by molar-refractivity contribution is 0.273. The van der Waals surface area contributed by atoms with E-state index < -0.39 is 8.80 Å². The van der Waals surface area contributed by atoms with Gasteiger partial charge < -0.3 is 4.74 Å². The maximum atomic E-state index is 13.5. The van der Waals surface area contributed by atoms with Gasteiger partial charge in [-0.2, -0.15) is 0 Å². The molecular formula is C13H19BrFOSi. The van der Waals surface area contributed by atoms with E-state index in [0.717, 1.165) is 0 Å². The number of benzene rings is 1. The summed E-state index contributed by atoms with van der Waals surface area (Å²) in [5.74, 6) is 0.439. The van der Waals surface area contributed by atoms with E-state index in [4.69, 9.17) is 4.74 Å². The first-order valence-electron chi connectivity index (χ1n) is 5.65. The van der Waals surface area contributed by atoms with Crippen molar-refractivity contribution in [2.75, 3.05) is 6.61 Å². The molecule has 0 amide bonds. The standard InChI is InChI=1S/C13H19BrFOSi/c1-13(2,17(3)4)9-16-12-7-5-6-11(15)10(12)8-14/h5-7H,8-9H2,1-4H3. The molecule has 0 saturated carbocycles. The normalized spacial score (nSPS) is 11.9. The van der Waals surface area contributed by atoms with Crippen LogP contribution < -0.4 is 4.74 Å². The van der Waals surface area contributed by atoms with Crippen molar-refractivity contribution < 1.29 is 9.13 Å². The molecule has 0 aromatic heterocycles. The average molecular weight is 318 g/mol. The van der Waals surface area contributed by atoms with Crippen molar-refractivity contribution in [2.24, 2.45) is 0 Å². The molecule has 0 N–H and O–H groups in total. The zero-order valence-electron chi connectivity index (χ0n) is 10.8. The molecule has 1 aromatic carbocycles. The van der Waals surface area contributed by atoms with Crippen LogP contribution in [0, 0.1) is 5.82 Å². The fourth-order valence-corrected chi connectivity index (χ4v) is 2.11. The number of ether oxygens (including phenoxy) is 1. The highest BCUT2D eigenvalue weighted by atomic mass is 79.9. The molecule has 0 aliphatic carbocycles. The van der Waals surface area contributed by atoms with Crippen molar-refractivity contribution in [1.82, 2.24) is 0 Å². The van der Waals surface area contributed by atoms with Gasteiger partial charge in [0.2, 0.25) is 0 Å². The van der Waals surface area contributed by atoms with Crippen LogP contribution in [-0.4, -0.2) is 15.4 Å². The van der Waals surface area contributed by atoms with E-state index in [2.05, 4.69) is 42.9 Å². The third-order valence-corrected chi connectivity index (χ3v) is 6.56. The van der Waals surface area contributed by atoms with Gasteiger partial charge in [-0.25, -0.2) is 4.39 Å². The SMILES string of the molecule is C[Si](C)C(C)(C)COc1cccc(F)c1CBr. The largest absolute Gasteiger partial charge is 0.493 e. The predicted molar refractivity (Wildman–Crippen MR) is 76.0 cm³/mol. The van der Waals surface area contributed by atoms with Crippen LogP contribution in [-0.2, 0) is 5.33 Å². The third-order valence-electron chi connectivity index (χ3n) is 3.15. The minimum Gasteiger partial charge on any atom is -0.493 e. The molecule has 1 aromatic rings. The van der Waals surface area contributed by atoms with Crippen LogP contribution in [0.15, 0.2) is 18.2 Å². The molecule has 1 rings (SSSR count). The minimum absolute atomic E-state index is 0.181. The second-order valence-electron chi connectivity index (χ2n) is 5.02. The fraction of sp³-hybridized carbons (Fsp3) is 0.538. The van der Waals surface area contributed by atoms with Crippen LogP contribution in [0.5, 0.6) is 5.75 Å². The summed E-state index contributed by atoms with van der Waals surface area (Å²) < 4.78 is 19.3. The maximum Gasteiger partial charge on any atom is 0.130 e. The van der Waals surface area contributed by atoms with E-state index in [9.17, 15) is 4.39 Å². The quantitative estimate of drug-likeness (QED) is 0.568. The number of hydrogen-bond donors (Lipinski definition) is 0. The smallest absolute Gasteiger partial charge is 0.130 e. The molecule has 17 heavy (non-hydrogen) atoms. The van der Waals surface area contributed by atoms with Gasteiger partial charge in [-0.15, -0.1) is 0 Å². The van der Waals surface area contributed by atoms with Gasteiger partial charge in [0.25, 0.3) is 0 Å². The van der Waals surface area contributed by atoms with Gasteiger partial charge in [0.05, 0.1) is 15.4 Å². The number of hydrogen-bond acceptors (Lipinski definition) is 1. The Balaban J connectivity index is 2.79. The zero-order valence-corrected chi connectivity index (χ0v) is 13.4. The van der Waals surface area contributed by atoms with Crippen molar-refractivity contribution in [2.45, 2.75) is 37.3 Å². The molecule has 0 saturated heterocycles. The van der Waals surface area contributed by atoms with E-state index in [1.165, 1.54) is 6.07 Å². The van der Waals surface area contributed by atoms with Crippen molar-refractivity contribution in [3.63, 3.8) is 0 Å². The second-order valence-corrected chi connectivity index (χ2v) is 8.94. The molecule has 0 fully saturated rings. The molecule has 0 aliphatic rings. The van der Waals surface area contributed by atoms with E-state index >= 15 is 0 Å². The molecule has 0 unspecified atom stereocenters. The summed E-state index contributed by atoms with van der Waals surface area (Å²) in [5, 5.41) is 0.659. The Hall–Kier alpha value is -0.353. The van der Waals surface area contributed by atoms with Gasteiger partial charge in [-0.1, -0.05) is 48.9 Å². The maximum absolute atomic E-state index is 13.5. The summed E-state index contributed by atoms with van der Waals surface area (Å²) in [7, 11) is -0.440. The molecule has 4 heteroatoms. The highest BCUT2D eigenvalue weighted by Gasteiger charge is 2.25. The van der Waals surface area contributed by atoms with Crippen molar-refractivity contribution in [3.05, 3.63) is 29.6 Å². The summed E-state index contributed by atoms with van der Waals surface area (Å²) in [4.78, 5) is 0. The van der Waals surface area contributed by atoms with E-state index in [0.29, 0.717) is 23.2 Å². The number of rotatable bonds is 5. The summed E-state index contributed by atoms with van der Waals surface area (Å²) in [6, 6.07) is 4.98. The van der Waals surface area contributed by atoms with Crippen LogP contribution in [0.4, 0.5) is 4.39 Å². The number of halogens is 2. The van der Waals surface area contributed by atoms with Crippen LogP contribution in [0.1, 0.15) is 19.4 Å². The van der Waals surface area contributed by atoms with Crippen molar-refractivity contribution >= 4 is 24.7 Å². The Morgan fingerprint density at radius 1 is 1.35 bits per heavy atom. The van der Waals surface area contributed by atoms with Crippen LogP contribution in [0.3, 0.4) is 0 Å². The fourth-order valence-electron chi connectivity index (χ4n) is 1.21.